The Bertz CT molecular complexity index is 718. The van der Waals surface area contributed by atoms with Crippen LogP contribution in [0.25, 0.3) is 5.69 Å². The molecule has 0 aliphatic rings. The van der Waals surface area contributed by atoms with Gasteiger partial charge in [0, 0.05) is 25.9 Å². The smallest absolute Gasteiger partial charge is 0.478 e. The summed E-state index contributed by atoms with van der Waals surface area (Å²) >= 11 is 4.42. The monoisotopic (exact) mass is 372 g/mol. The molecule has 0 spiro atoms. The van der Waals surface area contributed by atoms with Crippen LogP contribution in [0.1, 0.15) is 17.3 Å². The zero-order valence-corrected chi connectivity index (χ0v) is 13.1. The number of nitrogens with zero attached hydrogens (tertiary/aromatic N) is 4. The number of halogens is 1. The summed E-state index contributed by atoms with van der Waals surface area (Å²) in [5.74, 6) is -1.04. The summed E-state index contributed by atoms with van der Waals surface area (Å²) in [4.78, 5) is 25.7. The van der Waals surface area contributed by atoms with Gasteiger partial charge < -0.3 is 15.2 Å². The van der Waals surface area contributed by atoms with Gasteiger partial charge in [-0.1, -0.05) is 13.0 Å². The highest BCUT2D eigenvalue weighted by Gasteiger charge is 2.25. The van der Waals surface area contributed by atoms with Crippen molar-refractivity contribution in [2.45, 2.75) is 11.8 Å². The number of benzene rings is 1. The molecule has 0 amide bonds. The van der Waals surface area contributed by atoms with Crippen LogP contribution < -0.4 is 0 Å². The zero-order chi connectivity index (χ0) is 15.6. The average molecular weight is 373 g/mol. The van der Waals surface area contributed by atoms with Gasteiger partial charge in [-0.3, -0.25) is 0 Å². The van der Waals surface area contributed by atoms with E-state index >= 15 is 0 Å². The van der Waals surface area contributed by atoms with Gasteiger partial charge in [0.1, 0.15) is 11.3 Å². The number of aromatic nitrogens is 3. The molecule has 10 heteroatoms. The maximum absolute atomic E-state index is 11.5. The van der Waals surface area contributed by atoms with E-state index in [4.69, 9.17) is 0 Å². The second kappa shape index (κ2) is 6.22. The molecule has 0 aliphatic carbocycles. The topological polar surface area (TPSA) is 111 Å². The quantitative estimate of drug-likeness (QED) is 0.487. The first kappa shape index (κ1) is 15.4. The summed E-state index contributed by atoms with van der Waals surface area (Å²) in [5, 5.41) is 23.8. The minimum absolute atomic E-state index is 0.0323. The van der Waals surface area contributed by atoms with E-state index in [9.17, 15) is 20.0 Å². The average Bonchev–Trinajstić information content (AvgIpc) is 2.81. The van der Waals surface area contributed by atoms with Gasteiger partial charge in [-0.15, -0.1) is 16.4 Å². The minimum atomic E-state index is -1.13. The van der Waals surface area contributed by atoms with Crippen molar-refractivity contribution >= 4 is 39.6 Å². The second-order valence-electron chi connectivity index (χ2n) is 3.74. The van der Waals surface area contributed by atoms with Crippen molar-refractivity contribution in [1.29, 1.82) is 0 Å². The normalized spacial score (nSPS) is 10.6. The standard InChI is InChI=1S/C11H9BrN4O4S/c1-2-21-7-5-3-4-6(8(7)9(17)18)15-10(12)13-11(14-15)16(19)20/h3-5H,2H2,1H3,(H,17,18). The van der Waals surface area contributed by atoms with Gasteiger partial charge in [0.05, 0.1) is 0 Å². The van der Waals surface area contributed by atoms with Crippen molar-refractivity contribution in [3.8, 4) is 5.69 Å². The molecule has 0 bridgehead atoms. The van der Waals surface area contributed by atoms with Gasteiger partial charge in [-0.05, 0) is 27.8 Å². The first-order chi connectivity index (χ1) is 9.95. The largest absolute Gasteiger partial charge is 0.492 e. The molecule has 0 atom stereocenters. The predicted molar refractivity (Wildman–Crippen MR) is 79.1 cm³/mol. The summed E-state index contributed by atoms with van der Waals surface area (Å²) in [6, 6.07) is 4.87. The first-order valence-corrected chi connectivity index (χ1v) is 7.50. The van der Waals surface area contributed by atoms with Crippen LogP contribution in [-0.2, 0) is 0 Å². The van der Waals surface area contributed by atoms with Crippen molar-refractivity contribution in [2.75, 3.05) is 5.75 Å². The fraction of sp³-hybridized carbons (Fsp3) is 0.182. The van der Waals surface area contributed by atoms with E-state index in [1.165, 1.54) is 17.8 Å². The first-order valence-electron chi connectivity index (χ1n) is 5.72. The number of carboxylic acid groups (broad SMARTS) is 1. The van der Waals surface area contributed by atoms with Crippen molar-refractivity contribution in [2.24, 2.45) is 0 Å². The molecule has 2 aromatic rings. The minimum Gasteiger partial charge on any atom is -0.478 e. The molecule has 8 nitrogen and oxygen atoms in total. The van der Waals surface area contributed by atoms with Crippen LogP contribution in [0.2, 0.25) is 0 Å². The molecule has 1 N–H and O–H groups in total. The molecule has 21 heavy (non-hydrogen) atoms. The van der Waals surface area contributed by atoms with Crippen LogP contribution in [0, 0.1) is 10.1 Å². The lowest BCUT2D eigenvalue weighted by atomic mass is 10.2. The highest BCUT2D eigenvalue weighted by Crippen LogP contribution is 2.29. The molecule has 1 aromatic heterocycles. The number of hydrogen-bond acceptors (Lipinski definition) is 6. The van der Waals surface area contributed by atoms with E-state index in [1.807, 2.05) is 6.92 Å². The fourth-order valence-electron chi connectivity index (χ4n) is 1.70. The maximum Gasteiger partial charge on any atom is 0.492 e. The SMILES string of the molecule is CCSc1cccc(-n2nc([N+](=O)[O-])nc2Br)c1C(=O)O. The lowest BCUT2D eigenvalue weighted by Gasteiger charge is -2.08. The van der Waals surface area contributed by atoms with Crippen LogP contribution in [-0.4, -0.2) is 36.5 Å². The van der Waals surface area contributed by atoms with Crippen molar-refractivity contribution in [3.05, 3.63) is 38.6 Å². The third kappa shape index (κ3) is 3.05. The van der Waals surface area contributed by atoms with Gasteiger partial charge in [0.25, 0.3) is 4.73 Å². The van der Waals surface area contributed by atoms with Crippen LogP contribution in [0.15, 0.2) is 27.8 Å². The van der Waals surface area contributed by atoms with Gasteiger partial charge in [0.15, 0.2) is 0 Å². The van der Waals surface area contributed by atoms with Gasteiger partial charge in [-0.2, -0.15) is 0 Å². The van der Waals surface area contributed by atoms with Crippen LogP contribution in [0.3, 0.4) is 0 Å². The molecule has 0 saturated heterocycles. The Kier molecular flexibility index (Phi) is 4.58. The van der Waals surface area contributed by atoms with E-state index in [0.717, 1.165) is 4.68 Å². The Morgan fingerprint density at radius 2 is 2.29 bits per heavy atom. The van der Waals surface area contributed by atoms with Gasteiger partial charge in [-0.25, -0.2) is 4.79 Å². The molecular weight excluding hydrogens is 364 g/mol. The number of nitro groups is 1. The lowest BCUT2D eigenvalue weighted by Crippen LogP contribution is -2.09. The summed E-state index contributed by atoms with van der Waals surface area (Å²) in [5.41, 5.74) is 0.248. The number of carbonyl (C=O) groups is 1. The summed E-state index contributed by atoms with van der Waals surface area (Å²) in [6.45, 7) is 1.90. The number of carboxylic acids is 1. The molecule has 0 saturated carbocycles. The molecule has 1 aromatic carbocycles. The molecule has 1 heterocycles. The second-order valence-corrected chi connectivity index (χ2v) is 5.75. The Hall–Kier alpha value is -1.94. The maximum atomic E-state index is 11.5. The van der Waals surface area contributed by atoms with Gasteiger partial charge in [0.2, 0.25) is 0 Å². The molecular formula is C11H9BrN4O4S. The number of rotatable bonds is 5. The van der Waals surface area contributed by atoms with E-state index in [0.29, 0.717) is 10.6 Å². The van der Waals surface area contributed by atoms with Crippen molar-refractivity contribution in [3.63, 3.8) is 0 Å². The Labute approximate surface area is 131 Å². The Morgan fingerprint density at radius 3 is 2.81 bits per heavy atom. The van der Waals surface area contributed by atoms with Crippen molar-refractivity contribution in [1.82, 2.24) is 14.8 Å². The van der Waals surface area contributed by atoms with Crippen molar-refractivity contribution < 1.29 is 14.8 Å². The molecule has 0 fully saturated rings. The van der Waals surface area contributed by atoms with Crippen LogP contribution in [0.4, 0.5) is 5.95 Å². The molecule has 110 valence electrons. The summed E-state index contributed by atoms with van der Waals surface area (Å²) < 4.78 is 1.16. The van der Waals surface area contributed by atoms with E-state index < -0.39 is 16.8 Å². The van der Waals surface area contributed by atoms with Crippen LogP contribution in [0.5, 0.6) is 0 Å². The van der Waals surface area contributed by atoms with E-state index in [2.05, 4.69) is 26.0 Å². The number of thioether (sulfide) groups is 1. The number of hydrogen-bond donors (Lipinski definition) is 1. The van der Waals surface area contributed by atoms with Crippen LogP contribution >= 0.6 is 27.7 Å². The lowest BCUT2D eigenvalue weighted by molar-refractivity contribution is -0.394. The molecule has 0 unspecified atom stereocenters. The van der Waals surface area contributed by atoms with Gasteiger partial charge >= 0.3 is 11.9 Å². The highest BCUT2D eigenvalue weighted by atomic mass is 79.9. The molecule has 2 rings (SSSR count). The van der Waals surface area contributed by atoms with E-state index in [-0.39, 0.29) is 16.0 Å². The highest BCUT2D eigenvalue weighted by molar-refractivity contribution is 9.10. The summed E-state index contributed by atoms with van der Waals surface area (Å²) in [7, 11) is 0. The third-order valence-corrected chi connectivity index (χ3v) is 3.92. The molecule has 0 aliphatic heterocycles. The number of aromatic carboxylic acids is 1. The third-order valence-electron chi connectivity index (χ3n) is 2.47. The zero-order valence-electron chi connectivity index (χ0n) is 10.7. The Balaban J connectivity index is 2.66. The Morgan fingerprint density at radius 1 is 1.57 bits per heavy atom. The predicted octanol–water partition coefficient (Wildman–Crippen LogP) is 2.75. The molecule has 0 radical (unpaired) electrons. The summed E-state index contributed by atoms with van der Waals surface area (Å²) in [6.07, 6.45) is 0. The fourth-order valence-corrected chi connectivity index (χ4v) is 2.95. The van der Waals surface area contributed by atoms with E-state index in [1.54, 1.807) is 12.1 Å².